The number of fused-ring (bicyclic) bond motifs is 1. The van der Waals surface area contributed by atoms with Crippen molar-refractivity contribution in [2.45, 2.75) is 70.5 Å². The van der Waals surface area contributed by atoms with Crippen LogP contribution in [0.3, 0.4) is 0 Å². The van der Waals surface area contributed by atoms with Gasteiger partial charge in [-0.15, -0.1) is 0 Å². The molecule has 1 spiro atoms. The predicted molar refractivity (Wildman–Crippen MR) is 72.6 cm³/mol. The fourth-order valence-corrected chi connectivity index (χ4v) is 5.20. The number of hydrogen-bond donors (Lipinski definition) is 0. The van der Waals surface area contributed by atoms with Gasteiger partial charge in [0.1, 0.15) is 0 Å². The highest BCUT2D eigenvalue weighted by Gasteiger charge is 2.66. The molecule has 2 saturated carbocycles. The lowest BCUT2D eigenvalue weighted by atomic mass is 9.52. The second-order valence-electron chi connectivity index (χ2n) is 7.64. The molecule has 0 N–H and O–H groups in total. The van der Waals surface area contributed by atoms with Crippen molar-refractivity contribution >= 4 is 0 Å². The Balaban J connectivity index is 1.99. The topological polar surface area (TPSA) is 18.5 Å². The summed E-state index contributed by atoms with van der Waals surface area (Å²) in [7, 11) is 1.84. The number of methoxy groups -OCH3 is 1. The van der Waals surface area contributed by atoms with E-state index in [2.05, 4.69) is 20.8 Å². The van der Waals surface area contributed by atoms with Crippen LogP contribution < -0.4 is 0 Å². The maximum absolute atomic E-state index is 6.75. The van der Waals surface area contributed by atoms with Gasteiger partial charge in [-0.2, -0.15) is 0 Å². The van der Waals surface area contributed by atoms with Crippen molar-refractivity contribution in [3.8, 4) is 0 Å². The van der Waals surface area contributed by atoms with E-state index in [4.69, 9.17) is 9.47 Å². The molecule has 18 heavy (non-hydrogen) atoms. The monoisotopic (exact) mass is 252 g/mol. The van der Waals surface area contributed by atoms with Crippen LogP contribution in [0.4, 0.5) is 0 Å². The molecule has 3 aliphatic rings. The Bertz CT molecular complexity index is 336. The van der Waals surface area contributed by atoms with Crippen LogP contribution >= 0.6 is 0 Å². The van der Waals surface area contributed by atoms with Gasteiger partial charge >= 0.3 is 0 Å². The van der Waals surface area contributed by atoms with E-state index in [0.29, 0.717) is 11.3 Å². The van der Waals surface area contributed by atoms with E-state index in [-0.39, 0.29) is 11.2 Å². The van der Waals surface area contributed by atoms with Gasteiger partial charge in [-0.05, 0) is 57.3 Å². The van der Waals surface area contributed by atoms with Gasteiger partial charge < -0.3 is 9.47 Å². The van der Waals surface area contributed by atoms with Gasteiger partial charge in [-0.25, -0.2) is 0 Å². The van der Waals surface area contributed by atoms with Crippen LogP contribution in [0.5, 0.6) is 0 Å². The van der Waals surface area contributed by atoms with E-state index in [0.717, 1.165) is 12.5 Å². The molecule has 0 aromatic rings. The molecule has 0 aromatic carbocycles. The summed E-state index contributed by atoms with van der Waals surface area (Å²) in [6.07, 6.45) is 7.94. The molecule has 2 nitrogen and oxygen atoms in total. The summed E-state index contributed by atoms with van der Waals surface area (Å²) >= 11 is 0. The van der Waals surface area contributed by atoms with Crippen LogP contribution in [-0.4, -0.2) is 24.9 Å². The van der Waals surface area contributed by atoms with E-state index in [1.807, 2.05) is 7.11 Å². The second kappa shape index (κ2) is 3.96. The molecule has 1 aliphatic heterocycles. The molecule has 1 heterocycles. The Labute approximate surface area is 111 Å². The summed E-state index contributed by atoms with van der Waals surface area (Å²) in [5.41, 5.74) is 0.563. The molecule has 0 amide bonds. The third-order valence-corrected chi connectivity index (χ3v) is 6.35. The lowest BCUT2D eigenvalue weighted by molar-refractivity contribution is -0.205. The quantitative estimate of drug-likeness (QED) is 0.744. The van der Waals surface area contributed by atoms with E-state index in [1.165, 1.54) is 38.5 Å². The number of ether oxygens (including phenoxy) is 2. The molecule has 2 aliphatic carbocycles. The van der Waals surface area contributed by atoms with Crippen LogP contribution in [0.1, 0.15) is 59.3 Å². The Morgan fingerprint density at radius 3 is 2.67 bits per heavy atom. The molecule has 4 atom stereocenters. The summed E-state index contributed by atoms with van der Waals surface area (Å²) in [6, 6.07) is 0. The first-order valence-corrected chi connectivity index (χ1v) is 7.63. The molecular formula is C16H28O2. The lowest BCUT2D eigenvalue weighted by Crippen LogP contribution is -2.57. The van der Waals surface area contributed by atoms with E-state index >= 15 is 0 Å². The zero-order chi connectivity index (χ0) is 13.0. The molecule has 3 rings (SSSR count). The molecule has 104 valence electrons. The predicted octanol–water partition coefficient (Wildman–Crippen LogP) is 3.79. The highest BCUT2D eigenvalue weighted by atomic mass is 16.5. The third kappa shape index (κ3) is 1.54. The largest absolute Gasteiger partial charge is 0.384 e. The van der Waals surface area contributed by atoms with Gasteiger partial charge in [-0.1, -0.05) is 13.3 Å². The van der Waals surface area contributed by atoms with E-state index in [1.54, 1.807) is 0 Å². The van der Waals surface area contributed by atoms with Crippen molar-refractivity contribution in [2.75, 3.05) is 13.7 Å². The van der Waals surface area contributed by atoms with Gasteiger partial charge in [0.2, 0.25) is 0 Å². The van der Waals surface area contributed by atoms with Crippen molar-refractivity contribution in [1.29, 1.82) is 0 Å². The smallest absolute Gasteiger partial charge is 0.0796 e. The summed E-state index contributed by atoms with van der Waals surface area (Å²) in [6.45, 7) is 7.96. The van der Waals surface area contributed by atoms with Crippen LogP contribution in [0.15, 0.2) is 0 Å². The lowest BCUT2D eigenvalue weighted by Gasteiger charge is -2.55. The zero-order valence-electron chi connectivity index (χ0n) is 12.4. The van der Waals surface area contributed by atoms with Gasteiger partial charge in [0.15, 0.2) is 0 Å². The summed E-state index contributed by atoms with van der Waals surface area (Å²) in [5, 5.41) is 0. The highest BCUT2D eigenvalue weighted by molar-refractivity contribution is 5.15. The fourth-order valence-electron chi connectivity index (χ4n) is 5.20. The molecular weight excluding hydrogens is 224 g/mol. The van der Waals surface area contributed by atoms with Gasteiger partial charge in [0, 0.05) is 13.0 Å². The van der Waals surface area contributed by atoms with Gasteiger partial charge in [0.05, 0.1) is 17.8 Å². The Kier molecular flexibility index (Phi) is 2.84. The van der Waals surface area contributed by atoms with Crippen LogP contribution in [0.25, 0.3) is 0 Å². The summed E-state index contributed by atoms with van der Waals surface area (Å²) in [4.78, 5) is 0. The van der Waals surface area contributed by atoms with Crippen LogP contribution in [0, 0.1) is 17.3 Å². The van der Waals surface area contributed by atoms with Crippen LogP contribution in [-0.2, 0) is 9.47 Å². The molecule has 2 heteroatoms. The maximum Gasteiger partial charge on any atom is 0.0796 e. The van der Waals surface area contributed by atoms with Gasteiger partial charge in [-0.3, -0.25) is 0 Å². The second-order valence-corrected chi connectivity index (χ2v) is 7.64. The number of hydrogen-bond acceptors (Lipinski definition) is 2. The van der Waals surface area contributed by atoms with Crippen molar-refractivity contribution < 1.29 is 9.47 Å². The van der Waals surface area contributed by atoms with Crippen LogP contribution in [0.2, 0.25) is 0 Å². The molecule has 1 saturated heterocycles. The summed E-state index contributed by atoms with van der Waals surface area (Å²) in [5.74, 6) is 1.36. The Morgan fingerprint density at radius 2 is 1.94 bits per heavy atom. The van der Waals surface area contributed by atoms with Crippen molar-refractivity contribution in [2.24, 2.45) is 17.3 Å². The average Bonchev–Trinajstić information content (AvgIpc) is 2.53. The highest BCUT2D eigenvalue weighted by Crippen LogP contribution is 2.65. The third-order valence-electron chi connectivity index (χ3n) is 6.35. The zero-order valence-corrected chi connectivity index (χ0v) is 12.4. The first kappa shape index (κ1) is 12.9. The van der Waals surface area contributed by atoms with Crippen molar-refractivity contribution in [3.05, 3.63) is 0 Å². The normalized spacial score (nSPS) is 50.0. The van der Waals surface area contributed by atoms with E-state index in [9.17, 15) is 0 Å². The fraction of sp³-hybridized carbons (Fsp3) is 1.00. The van der Waals surface area contributed by atoms with Gasteiger partial charge in [0.25, 0.3) is 0 Å². The maximum atomic E-state index is 6.75. The molecule has 3 fully saturated rings. The van der Waals surface area contributed by atoms with E-state index < -0.39 is 0 Å². The molecule has 0 radical (unpaired) electrons. The summed E-state index contributed by atoms with van der Waals surface area (Å²) < 4.78 is 12.3. The minimum atomic E-state index is 0.0705. The van der Waals surface area contributed by atoms with Crippen molar-refractivity contribution in [3.63, 3.8) is 0 Å². The average molecular weight is 252 g/mol. The Hall–Kier alpha value is -0.0800. The minimum absolute atomic E-state index is 0.0705. The molecule has 2 bridgehead atoms. The standard InChI is InChI=1S/C16H28O2/c1-14(2)12-7-9-15(3)8-5-6-13(11-17-4)16(15,10-12)18-14/h12-13H,5-11H2,1-4H3/t12-,13-,15-,16?/m1/s1. The number of rotatable bonds is 2. The molecule has 0 aromatic heterocycles. The first-order chi connectivity index (χ1) is 8.44. The first-order valence-electron chi connectivity index (χ1n) is 7.63. The SMILES string of the molecule is COC[C@H]1CCC[C@]2(C)CC[C@@H]3CC12OC3(C)C. The molecule has 1 unspecified atom stereocenters. The minimum Gasteiger partial charge on any atom is -0.384 e. The van der Waals surface area contributed by atoms with Crippen molar-refractivity contribution in [1.82, 2.24) is 0 Å². The Morgan fingerprint density at radius 1 is 1.17 bits per heavy atom.